The molecule has 10 heteroatoms. The Morgan fingerprint density at radius 2 is 1.94 bits per heavy atom. The van der Waals surface area contributed by atoms with Gasteiger partial charge in [0.15, 0.2) is 0 Å². The molecule has 36 heavy (non-hydrogen) atoms. The average molecular weight is 516 g/mol. The first-order valence-electron chi connectivity index (χ1n) is 12.3. The Bertz CT molecular complexity index is 1190. The van der Waals surface area contributed by atoms with Crippen LogP contribution in [0.2, 0.25) is 0 Å². The SMILES string of the molecule is CO[C@H]1CC[C@@H](Oc2cc(F)ccc2Nc2ncnc3sc(C(=O)NCCCN(C)C)c(C)c23)CC1. The van der Waals surface area contributed by atoms with Gasteiger partial charge in [0.05, 0.1) is 28.2 Å². The van der Waals surface area contributed by atoms with E-state index in [2.05, 4.69) is 25.5 Å². The van der Waals surface area contributed by atoms with Gasteiger partial charge in [-0.1, -0.05) is 0 Å². The predicted octanol–water partition coefficient (Wildman–Crippen LogP) is 4.90. The Kier molecular flexibility index (Phi) is 8.71. The summed E-state index contributed by atoms with van der Waals surface area (Å²) in [5, 5.41) is 7.09. The molecule has 4 rings (SSSR count). The lowest BCUT2D eigenvalue weighted by Crippen LogP contribution is -2.27. The number of nitrogens with zero attached hydrogens (tertiary/aromatic N) is 3. The van der Waals surface area contributed by atoms with E-state index in [1.54, 1.807) is 13.2 Å². The van der Waals surface area contributed by atoms with Crippen molar-refractivity contribution in [3.8, 4) is 5.75 Å². The Morgan fingerprint density at radius 1 is 1.19 bits per heavy atom. The van der Waals surface area contributed by atoms with Crippen LogP contribution in [0.1, 0.15) is 47.3 Å². The number of halogens is 1. The molecule has 8 nitrogen and oxygen atoms in total. The summed E-state index contributed by atoms with van der Waals surface area (Å²) in [6.07, 6.45) is 6.12. The minimum absolute atomic E-state index is 0.00477. The largest absolute Gasteiger partial charge is 0.488 e. The van der Waals surface area contributed by atoms with Gasteiger partial charge in [-0.05, 0) is 77.4 Å². The van der Waals surface area contributed by atoms with Crippen molar-refractivity contribution in [2.24, 2.45) is 0 Å². The number of hydrogen-bond donors (Lipinski definition) is 2. The second-order valence-corrected chi connectivity index (χ2v) is 10.4. The molecule has 0 unspecified atom stereocenters. The lowest BCUT2D eigenvalue weighted by atomic mass is 9.95. The van der Waals surface area contributed by atoms with Crippen LogP contribution in [0.5, 0.6) is 5.75 Å². The second kappa shape index (κ2) is 11.9. The molecule has 0 aliphatic heterocycles. The molecule has 1 fully saturated rings. The van der Waals surface area contributed by atoms with Crippen LogP contribution < -0.4 is 15.4 Å². The zero-order valence-corrected chi connectivity index (χ0v) is 22.1. The summed E-state index contributed by atoms with van der Waals surface area (Å²) >= 11 is 1.34. The lowest BCUT2D eigenvalue weighted by molar-refractivity contribution is 0.0329. The van der Waals surface area contributed by atoms with Crippen LogP contribution in [-0.2, 0) is 4.74 Å². The van der Waals surface area contributed by atoms with Crippen molar-refractivity contribution in [3.63, 3.8) is 0 Å². The molecule has 194 valence electrons. The number of anilines is 2. The van der Waals surface area contributed by atoms with E-state index in [-0.39, 0.29) is 23.9 Å². The molecule has 1 aliphatic carbocycles. The molecule has 3 aromatic rings. The number of ether oxygens (including phenoxy) is 2. The molecule has 1 aromatic carbocycles. The van der Waals surface area contributed by atoms with E-state index in [4.69, 9.17) is 9.47 Å². The van der Waals surface area contributed by atoms with E-state index in [9.17, 15) is 9.18 Å². The third kappa shape index (κ3) is 6.29. The number of methoxy groups -OCH3 is 1. The molecule has 1 amide bonds. The first-order valence-corrected chi connectivity index (χ1v) is 13.1. The normalized spacial score (nSPS) is 17.9. The molecular weight excluding hydrogens is 481 g/mol. The maximum atomic E-state index is 14.1. The molecule has 1 saturated carbocycles. The first kappa shape index (κ1) is 26.2. The number of carbonyl (C=O) groups is 1. The standard InChI is InChI=1S/C26H34FN5O3S/c1-16-22-24(29-15-30-26(22)36-23(16)25(33)28-12-5-13-32(2)3)31-20-11-6-17(27)14-21(20)35-19-9-7-18(34-4)8-10-19/h6,11,14-15,18-19H,5,7-10,12-13H2,1-4H3,(H,28,33)(H,29,30,31)/t18-,19+. The van der Waals surface area contributed by atoms with Crippen LogP contribution >= 0.6 is 11.3 Å². The number of rotatable bonds is 10. The highest BCUT2D eigenvalue weighted by atomic mass is 32.1. The number of carbonyl (C=O) groups excluding carboxylic acids is 1. The average Bonchev–Trinajstić information content (AvgIpc) is 3.21. The first-order chi connectivity index (χ1) is 17.4. The maximum Gasteiger partial charge on any atom is 0.261 e. The summed E-state index contributed by atoms with van der Waals surface area (Å²) in [5.74, 6) is 0.515. The van der Waals surface area contributed by atoms with E-state index in [1.807, 2.05) is 21.0 Å². The number of fused-ring (bicyclic) bond motifs is 1. The zero-order valence-electron chi connectivity index (χ0n) is 21.3. The van der Waals surface area contributed by atoms with Gasteiger partial charge in [0.25, 0.3) is 5.91 Å². The van der Waals surface area contributed by atoms with Crippen molar-refractivity contribution in [2.75, 3.05) is 39.6 Å². The lowest BCUT2D eigenvalue weighted by Gasteiger charge is -2.28. The number of aromatic nitrogens is 2. The zero-order chi connectivity index (χ0) is 25.7. The Balaban J connectivity index is 1.54. The minimum Gasteiger partial charge on any atom is -0.488 e. The number of amides is 1. The van der Waals surface area contributed by atoms with Crippen LogP contribution in [0.15, 0.2) is 24.5 Å². The molecule has 2 aromatic heterocycles. The fourth-order valence-corrected chi connectivity index (χ4v) is 5.52. The number of nitrogens with one attached hydrogen (secondary N) is 2. The third-order valence-corrected chi connectivity index (χ3v) is 7.64. The smallest absolute Gasteiger partial charge is 0.261 e. The highest BCUT2D eigenvalue weighted by Gasteiger charge is 2.24. The van der Waals surface area contributed by atoms with E-state index in [0.717, 1.165) is 49.6 Å². The molecule has 2 N–H and O–H groups in total. The van der Waals surface area contributed by atoms with Crippen LogP contribution in [-0.4, -0.2) is 67.3 Å². The van der Waals surface area contributed by atoms with E-state index < -0.39 is 0 Å². The summed E-state index contributed by atoms with van der Waals surface area (Å²) in [4.78, 5) is 25.1. The van der Waals surface area contributed by atoms with Crippen LogP contribution in [0, 0.1) is 12.7 Å². The minimum atomic E-state index is -0.367. The van der Waals surface area contributed by atoms with Crippen molar-refractivity contribution >= 4 is 39.0 Å². The van der Waals surface area contributed by atoms with Crippen molar-refractivity contribution < 1.29 is 18.7 Å². The molecule has 0 bridgehead atoms. The fourth-order valence-electron chi connectivity index (χ4n) is 4.45. The number of hydrogen-bond acceptors (Lipinski definition) is 8. The number of thiophene rings is 1. The van der Waals surface area contributed by atoms with Gasteiger partial charge < -0.3 is 25.0 Å². The summed E-state index contributed by atoms with van der Waals surface area (Å²) in [7, 11) is 5.75. The van der Waals surface area contributed by atoms with E-state index >= 15 is 0 Å². The van der Waals surface area contributed by atoms with Gasteiger partial charge in [0, 0.05) is 19.7 Å². The van der Waals surface area contributed by atoms with Crippen molar-refractivity contribution in [1.29, 1.82) is 0 Å². The van der Waals surface area contributed by atoms with Gasteiger partial charge in [-0.25, -0.2) is 14.4 Å². The molecule has 2 heterocycles. The van der Waals surface area contributed by atoms with Crippen LogP contribution in [0.4, 0.5) is 15.9 Å². The molecule has 0 atom stereocenters. The summed E-state index contributed by atoms with van der Waals surface area (Å²) < 4.78 is 25.8. The van der Waals surface area contributed by atoms with Gasteiger partial charge in [0.2, 0.25) is 0 Å². The predicted molar refractivity (Wildman–Crippen MR) is 141 cm³/mol. The van der Waals surface area contributed by atoms with Gasteiger partial charge >= 0.3 is 0 Å². The van der Waals surface area contributed by atoms with Crippen LogP contribution in [0.3, 0.4) is 0 Å². The highest BCUT2D eigenvalue weighted by molar-refractivity contribution is 7.20. The maximum absolute atomic E-state index is 14.1. The summed E-state index contributed by atoms with van der Waals surface area (Å²) in [6.45, 7) is 3.41. The molecule has 0 radical (unpaired) electrons. The van der Waals surface area contributed by atoms with Gasteiger partial charge in [-0.3, -0.25) is 4.79 Å². The second-order valence-electron chi connectivity index (χ2n) is 9.39. The molecular formula is C26H34FN5O3S. The molecule has 1 aliphatic rings. The monoisotopic (exact) mass is 515 g/mol. The summed E-state index contributed by atoms with van der Waals surface area (Å²) in [5.41, 5.74) is 1.43. The molecule has 0 spiro atoms. The Hall–Kier alpha value is -2.82. The summed E-state index contributed by atoms with van der Waals surface area (Å²) in [6, 6.07) is 4.44. The van der Waals surface area contributed by atoms with E-state index in [0.29, 0.717) is 33.5 Å². The van der Waals surface area contributed by atoms with Crippen molar-refractivity contribution in [1.82, 2.24) is 20.2 Å². The van der Waals surface area contributed by atoms with Gasteiger partial charge in [-0.2, -0.15) is 0 Å². The Morgan fingerprint density at radius 3 is 2.67 bits per heavy atom. The third-order valence-electron chi connectivity index (χ3n) is 6.45. The van der Waals surface area contributed by atoms with E-state index in [1.165, 1.54) is 29.8 Å². The quantitative estimate of drug-likeness (QED) is 0.371. The molecule has 0 saturated heterocycles. The topological polar surface area (TPSA) is 88.6 Å². The van der Waals surface area contributed by atoms with Gasteiger partial charge in [-0.15, -0.1) is 11.3 Å². The Labute approximate surface area is 215 Å². The van der Waals surface area contributed by atoms with Crippen LogP contribution in [0.25, 0.3) is 10.2 Å². The van der Waals surface area contributed by atoms with Crippen molar-refractivity contribution in [2.45, 2.75) is 51.2 Å². The van der Waals surface area contributed by atoms with Crippen molar-refractivity contribution in [3.05, 3.63) is 40.8 Å². The number of aryl methyl sites for hydroxylation is 1. The fraction of sp³-hybridized carbons (Fsp3) is 0.500. The highest BCUT2D eigenvalue weighted by Crippen LogP contribution is 2.37. The number of benzene rings is 1. The van der Waals surface area contributed by atoms with Gasteiger partial charge in [0.1, 0.15) is 28.5 Å².